The van der Waals surface area contributed by atoms with Crippen LogP contribution in [0.25, 0.3) is 0 Å². The van der Waals surface area contributed by atoms with E-state index in [1.165, 1.54) is 109 Å². The highest BCUT2D eigenvalue weighted by Crippen LogP contribution is 2.30. The van der Waals surface area contributed by atoms with Crippen LogP contribution in [0.4, 0.5) is 0 Å². The van der Waals surface area contributed by atoms with Crippen LogP contribution in [0.2, 0.25) is 0 Å². The normalized spacial score (nSPS) is 14.9. The van der Waals surface area contributed by atoms with Gasteiger partial charge in [0.25, 0.3) is 0 Å². The van der Waals surface area contributed by atoms with Gasteiger partial charge in [-0.3, -0.25) is 0 Å². The van der Waals surface area contributed by atoms with E-state index in [4.69, 9.17) is 0 Å². The fourth-order valence-corrected chi connectivity index (χ4v) is 4.24. The number of nitrogens with zero attached hydrogens (tertiary/aromatic N) is 3. The molecule has 0 aromatic carbocycles. The summed E-state index contributed by atoms with van der Waals surface area (Å²) in [6, 6.07) is 0. The van der Waals surface area contributed by atoms with Crippen LogP contribution in [0.15, 0.2) is 10.3 Å². The summed E-state index contributed by atoms with van der Waals surface area (Å²) >= 11 is 0. The second-order valence-corrected chi connectivity index (χ2v) is 8.19. The van der Waals surface area contributed by atoms with Gasteiger partial charge in [0.1, 0.15) is 6.67 Å². The average Bonchev–Trinajstić information content (AvgIpc) is 3.21. The van der Waals surface area contributed by atoms with Crippen LogP contribution >= 0.6 is 0 Å². The first kappa shape index (κ1) is 23.4. The highest BCUT2D eigenvalue weighted by Gasteiger charge is 2.34. The fourth-order valence-electron chi connectivity index (χ4n) is 4.24. The van der Waals surface area contributed by atoms with Crippen LogP contribution in [-0.4, -0.2) is 17.2 Å². The Morgan fingerprint density at radius 1 is 0.692 bits per heavy atom. The Hall–Kier alpha value is -0.640. The van der Waals surface area contributed by atoms with Crippen molar-refractivity contribution in [2.45, 2.75) is 135 Å². The van der Waals surface area contributed by atoms with Gasteiger partial charge in [0.2, 0.25) is 0 Å². The fraction of sp³-hybridized carbons (Fsp3) is 1.00. The number of unbranched alkanes of at least 4 members (excludes halogenated alkanes) is 13. The zero-order valence-electron chi connectivity index (χ0n) is 18.1. The number of nitrogens with one attached hydrogen (secondary N) is 1. The van der Waals surface area contributed by atoms with Crippen molar-refractivity contribution in [3.05, 3.63) is 0 Å². The van der Waals surface area contributed by atoms with Crippen molar-refractivity contribution < 1.29 is 0 Å². The van der Waals surface area contributed by atoms with Crippen LogP contribution in [0.3, 0.4) is 0 Å². The van der Waals surface area contributed by atoms with E-state index in [1.807, 2.05) is 0 Å². The topological polar surface area (TPSA) is 40.0 Å². The predicted octanol–water partition coefficient (Wildman–Crippen LogP) is 7.56. The molecule has 0 unspecified atom stereocenters. The molecule has 26 heavy (non-hydrogen) atoms. The third kappa shape index (κ3) is 9.34. The Morgan fingerprint density at radius 2 is 1.15 bits per heavy atom. The van der Waals surface area contributed by atoms with Gasteiger partial charge in [-0.1, -0.05) is 116 Å². The summed E-state index contributed by atoms with van der Waals surface area (Å²) in [7, 11) is 0. The maximum Gasteiger partial charge on any atom is 0.134 e. The summed E-state index contributed by atoms with van der Waals surface area (Å²) in [5.41, 5.74) is 3.33. The molecular weight excluding hydrogens is 320 g/mol. The quantitative estimate of drug-likeness (QED) is 0.254. The Balaban J connectivity index is 1.92. The van der Waals surface area contributed by atoms with Gasteiger partial charge < -0.3 is 0 Å². The van der Waals surface area contributed by atoms with Crippen LogP contribution in [0.1, 0.15) is 130 Å². The molecule has 154 valence electrons. The van der Waals surface area contributed by atoms with Gasteiger partial charge in [-0.15, -0.1) is 0 Å². The maximum atomic E-state index is 4.08. The number of hydrazine groups is 1. The molecule has 1 aliphatic rings. The van der Waals surface area contributed by atoms with E-state index in [-0.39, 0.29) is 5.54 Å². The number of hydrogen-bond donors (Lipinski definition) is 1. The summed E-state index contributed by atoms with van der Waals surface area (Å²) < 4.78 is 0. The molecule has 0 aromatic heterocycles. The molecule has 0 saturated carbocycles. The van der Waals surface area contributed by atoms with Crippen molar-refractivity contribution in [3.8, 4) is 0 Å². The first-order chi connectivity index (χ1) is 12.8. The van der Waals surface area contributed by atoms with Crippen molar-refractivity contribution in [1.82, 2.24) is 10.5 Å². The third-order valence-electron chi connectivity index (χ3n) is 6.33. The molecular formula is C22H46N4. The molecule has 0 saturated heterocycles. The van der Waals surface area contributed by atoms with E-state index in [0.29, 0.717) is 6.67 Å². The third-order valence-corrected chi connectivity index (χ3v) is 6.33. The standard InChI is InChI=1S/C22H46N4/c1-4-7-8-9-10-11-12-13-14-15-16-17-18-19-20-22(5-2,6-3)26-21-23-24-25-26/h4-21H2,1-3H3,(H,23,25). The van der Waals surface area contributed by atoms with Gasteiger partial charge in [-0.25, -0.2) is 5.53 Å². The number of rotatable bonds is 18. The first-order valence-corrected chi connectivity index (χ1v) is 11.7. The Bertz CT molecular complexity index is 331. The number of hydrogen-bond acceptors (Lipinski definition) is 4. The van der Waals surface area contributed by atoms with Gasteiger partial charge >= 0.3 is 0 Å². The largest absolute Gasteiger partial charge is 0.219 e. The molecule has 4 nitrogen and oxygen atoms in total. The van der Waals surface area contributed by atoms with E-state index >= 15 is 0 Å². The molecule has 0 aromatic rings. The lowest BCUT2D eigenvalue weighted by Gasteiger charge is -2.39. The van der Waals surface area contributed by atoms with Crippen molar-refractivity contribution in [2.75, 3.05) is 6.67 Å². The van der Waals surface area contributed by atoms with Crippen LogP contribution < -0.4 is 5.53 Å². The van der Waals surface area contributed by atoms with Gasteiger partial charge in [-0.2, -0.15) is 10.1 Å². The lowest BCUT2D eigenvalue weighted by atomic mass is 9.86. The minimum atomic E-state index is 0.237. The zero-order chi connectivity index (χ0) is 18.9. The minimum absolute atomic E-state index is 0.237. The van der Waals surface area contributed by atoms with Crippen LogP contribution in [0.5, 0.6) is 0 Å². The van der Waals surface area contributed by atoms with E-state index in [2.05, 4.69) is 41.7 Å². The molecule has 0 bridgehead atoms. The molecule has 4 heteroatoms. The van der Waals surface area contributed by atoms with Crippen molar-refractivity contribution >= 4 is 0 Å². The van der Waals surface area contributed by atoms with Gasteiger partial charge in [-0.05, 0) is 19.3 Å². The highest BCUT2D eigenvalue weighted by atomic mass is 15.8. The molecule has 0 radical (unpaired) electrons. The smallest absolute Gasteiger partial charge is 0.134 e. The Labute approximate surface area is 163 Å². The van der Waals surface area contributed by atoms with E-state index in [0.717, 1.165) is 0 Å². The molecule has 1 aliphatic heterocycles. The van der Waals surface area contributed by atoms with E-state index in [1.54, 1.807) is 0 Å². The lowest BCUT2D eigenvalue weighted by Crippen LogP contribution is -2.51. The Kier molecular flexibility index (Phi) is 13.9. The van der Waals surface area contributed by atoms with Crippen molar-refractivity contribution in [1.29, 1.82) is 0 Å². The van der Waals surface area contributed by atoms with Gasteiger partial charge in [0.05, 0.1) is 0 Å². The molecule has 1 N–H and O–H groups in total. The van der Waals surface area contributed by atoms with E-state index < -0.39 is 0 Å². The predicted molar refractivity (Wildman–Crippen MR) is 113 cm³/mol. The van der Waals surface area contributed by atoms with Crippen molar-refractivity contribution in [2.24, 2.45) is 10.3 Å². The molecule has 0 aliphatic carbocycles. The van der Waals surface area contributed by atoms with Gasteiger partial charge in [0, 0.05) is 5.54 Å². The lowest BCUT2D eigenvalue weighted by molar-refractivity contribution is 0.0399. The summed E-state index contributed by atoms with van der Waals surface area (Å²) in [5, 5.41) is 10.3. The van der Waals surface area contributed by atoms with Crippen molar-refractivity contribution in [3.63, 3.8) is 0 Å². The molecule has 0 spiro atoms. The summed E-state index contributed by atoms with van der Waals surface area (Å²) in [6.07, 6.45) is 23.5. The zero-order valence-corrected chi connectivity index (χ0v) is 18.1. The molecule has 1 heterocycles. The average molecular weight is 367 g/mol. The second-order valence-electron chi connectivity index (χ2n) is 8.19. The van der Waals surface area contributed by atoms with Crippen LogP contribution in [-0.2, 0) is 0 Å². The molecule has 0 fully saturated rings. The monoisotopic (exact) mass is 366 g/mol. The summed E-state index contributed by atoms with van der Waals surface area (Å²) in [6.45, 7) is 7.60. The maximum absolute atomic E-state index is 4.08. The highest BCUT2D eigenvalue weighted by molar-refractivity contribution is 4.86. The van der Waals surface area contributed by atoms with Crippen LogP contribution in [0, 0.1) is 0 Å². The molecule has 0 atom stereocenters. The summed E-state index contributed by atoms with van der Waals surface area (Å²) in [4.78, 5) is 0. The molecule has 0 amide bonds. The first-order valence-electron chi connectivity index (χ1n) is 11.7. The Morgan fingerprint density at radius 3 is 1.54 bits per heavy atom. The minimum Gasteiger partial charge on any atom is -0.219 e. The van der Waals surface area contributed by atoms with Gasteiger partial charge in [0.15, 0.2) is 0 Å². The second kappa shape index (κ2) is 15.4. The van der Waals surface area contributed by atoms with E-state index in [9.17, 15) is 0 Å². The molecule has 1 rings (SSSR count). The summed E-state index contributed by atoms with van der Waals surface area (Å²) in [5.74, 6) is 0. The SMILES string of the molecule is CCCCCCCCCCCCCCCCC(CC)(CC)N1CN=NN1.